The fraction of sp³-hybridized carbons (Fsp3) is 0.364. The van der Waals surface area contributed by atoms with Gasteiger partial charge in [0.25, 0.3) is 0 Å². The highest BCUT2D eigenvalue weighted by atomic mass is 19.1. The van der Waals surface area contributed by atoms with Crippen LogP contribution in [0.15, 0.2) is 36.5 Å². The Kier molecular flexibility index (Phi) is 5.58. The van der Waals surface area contributed by atoms with Gasteiger partial charge >= 0.3 is 0 Å². The van der Waals surface area contributed by atoms with Crippen molar-refractivity contribution in [2.45, 2.75) is 39.8 Å². The molecule has 0 atom stereocenters. The van der Waals surface area contributed by atoms with E-state index in [-0.39, 0.29) is 5.69 Å². The van der Waals surface area contributed by atoms with Gasteiger partial charge in [-0.15, -0.1) is 0 Å². The minimum Gasteiger partial charge on any atom is -0.357 e. The van der Waals surface area contributed by atoms with Crippen LogP contribution in [-0.4, -0.2) is 27.9 Å². The van der Waals surface area contributed by atoms with Gasteiger partial charge in [0.15, 0.2) is 5.82 Å². The van der Waals surface area contributed by atoms with Gasteiger partial charge in [0.1, 0.15) is 17.3 Å². The molecular weight excluding hydrogens is 372 g/mol. The number of rotatable bonds is 6. The predicted molar refractivity (Wildman–Crippen MR) is 109 cm³/mol. The van der Waals surface area contributed by atoms with Gasteiger partial charge in [0, 0.05) is 49.7 Å². The molecule has 0 saturated carbocycles. The SMILES string of the molecule is Cc1nn(-c2ccc(F)cc2F)c(C)c1CNCc1ccc(N2CCCC2)nc1. The van der Waals surface area contributed by atoms with E-state index < -0.39 is 11.6 Å². The molecular formula is C22H25F2N5. The number of anilines is 1. The maximum absolute atomic E-state index is 14.1. The Bertz CT molecular complexity index is 991. The molecule has 3 aromatic rings. The molecule has 0 aliphatic carbocycles. The van der Waals surface area contributed by atoms with Gasteiger partial charge in [-0.25, -0.2) is 18.4 Å². The molecule has 0 radical (unpaired) electrons. The van der Waals surface area contributed by atoms with Crippen molar-refractivity contribution in [1.82, 2.24) is 20.1 Å². The summed E-state index contributed by atoms with van der Waals surface area (Å²) < 4.78 is 28.9. The number of pyridine rings is 1. The fourth-order valence-electron chi connectivity index (χ4n) is 3.80. The summed E-state index contributed by atoms with van der Waals surface area (Å²) in [7, 11) is 0. The Balaban J connectivity index is 1.42. The molecule has 0 amide bonds. The summed E-state index contributed by atoms with van der Waals surface area (Å²) >= 11 is 0. The Morgan fingerprint density at radius 2 is 1.83 bits per heavy atom. The van der Waals surface area contributed by atoms with Gasteiger partial charge in [0.2, 0.25) is 0 Å². The zero-order chi connectivity index (χ0) is 20.4. The molecule has 5 nitrogen and oxygen atoms in total. The summed E-state index contributed by atoms with van der Waals surface area (Å²) in [6.07, 6.45) is 4.38. The van der Waals surface area contributed by atoms with Gasteiger partial charge in [-0.3, -0.25) is 0 Å². The quantitative estimate of drug-likeness (QED) is 0.682. The van der Waals surface area contributed by atoms with E-state index in [2.05, 4.69) is 32.4 Å². The van der Waals surface area contributed by atoms with Crippen molar-refractivity contribution in [1.29, 1.82) is 0 Å². The largest absolute Gasteiger partial charge is 0.357 e. The zero-order valence-electron chi connectivity index (χ0n) is 16.8. The van der Waals surface area contributed by atoms with Crippen LogP contribution in [-0.2, 0) is 13.1 Å². The van der Waals surface area contributed by atoms with Gasteiger partial charge < -0.3 is 10.2 Å². The maximum atomic E-state index is 14.1. The van der Waals surface area contributed by atoms with E-state index in [4.69, 9.17) is 0 Å². The number of aryl methyl sites for hydroxylation is 1. The number of nitrogens with zero attached hydrogens (tertiary/aromatic N) is 4. The maximum Gasteiger partial charge on any atom is 0.151 e. The van der Waals surface area contributed by atoms with Crippen LogP contribution in [0.2, 0.25) is 0 Å². The monoisotopic (exact) mass is 397 g/mol. The second-order valence-corrected chi connectivity index (χ2v) is 7.48. The number of hydrogen-bond donors (Lipinski definition) is 1. The molecule has 1 fully saturated rings. The smallest absolute Gasteiger partial charge is 0.151 e. The number of halogens is 2. The molecule has 7 heteroatoms. The molecule has 1 N–H and O–H groups in total. The standard InChI is InChI=1S/C22H25F2N5/c1-15-19(16(2)29(27-15)21-7-6-18(23)11-20(21)24)14-25-12-17-5-8-22(26-13-17)28-9-3-4-10-28/h5-8,11,13,25H,3-4,9-10,12,14H2,1-2H3. The summed E-state index contributed by atoms with van der Waals surface area (Å²) in [5.41, 5.74) is 4.03. The number of aromatic nitrogens is 3. The molecule has 0 bridgehead atoms. The van der Waals surface area contributed by atoms with Crippen molar-refractivity contribution in [3.8, 4) is 5.69 Å². The van der Waals surface area contributed by atoms with Crippen LogP contribution in [0, 0.1) is 25.5 Å². The van der Waals surface area contributed by atoms with Crippen molar-refractivity contribution in [2.75, 3.05) is 18.0 Å². The molecule has 0 spiro atoms. The van der Waals surface area contributed by atoms with Crippen LogP contribution in [0.4, 0.5) is 14.6 Å². The Hall–Kier alpha value is -2.80. The van der Waals surface area contributed by atoms with Crippen molar-refractivity contribution >= 4 is 5.82 Å². The third-order valence-electron chi connectivity index (χ3n) is 5.45. The highest BCUT2D eigenvalue weighted by Crippen LogP contribution is 2.21. The molecule has 0 unspecified atom stereocenters. The van der Waals surface area contributed by atoms with Crippen molar-refractivity contribution in [3.05, 3.63) is 70.7 Å². The topological polar surface area (TPSA) is 46.0 Å². The zero-order valence-corrected chi connectivity index (χ0v) is 16.8. The first-order valence-electron chi connectivity index (χ1n) is 9.94. The van der Waals surface area contributed by atoms with Gasteiger partial charge in [0.05, 0.1) is 5.69 Å². The molecule has 1 saturated heterocycles. The van der Waals surface area contributed by atoms with Crippen molar-refractivity contribution < 1.29 is 8.78 Å². The van der Waals surface area contributed by atoms with Gasteiger partial charge in [-0.05, 0) is 50.5 Å². The van der Waals surface area contributed by atoms with E-state index >= 15 is 0 Å². The highest BCUT2D eigenvalue weighted by Gasteiger charge is 2.16. The first kappa shape index (κ1) is 19.5. The second kappa shape index (κ2) is 8.29. The van der Waals surface area contributed by atoms with Gasteiger partial charge in [-0.2, -0.15) is 5.10 Å². The Morgan fingerprint density at radius 3 is 2.52 bits per heavy atom. The lowest BCUT2D eigenvalue weighted by Gasteiger charge is -2.16. The first-order chi connectivity index (χ1) is 14.0. The molecule has 152 valence electrons. The third-order valence-corrected chi connectivity index (χ3v) is 5.45. The Morgan fingerprint density at radius 1 is 1.03 bits per heavy atom. The van der Waals surface area contributed by atoms with E-state index in [0.717, 1.165) is 47.5 Å². The highest BCUT2D eigenvalue weighted by molar-refractivity contribution is 5.40. The molecule has 1 aliphatic rings. The average Bonchev–Trinajstić information content (AvgIpc) is 3.33. The van der Waals surface area contributed by atoms with E-state index in [9.17, 15) is 8.78 Å². The number of nitrogens with one attached hydrogen (secondary N) is 1. The molecule has 1 aliphatic heterocycles. The normalized spacial score (nSPS) is 14.0. The fourth-order valence-corrected chi connectivity index (χ4v) is 3.80. The van der Waals surface area contributed by atoms with E-state index in [0.29, 0.717) is 13.1 Å². The van der Waals surface area contributed by atoms with Crippen LogP contribution in [0.5, 0.6) is 0 Å². The van der Waals surface area contributed by atoms with Gasteiger partial charge in [-0.1, -0.05) is 6.07 Å². The van der Waals surface area contributed by atoms with E-state index in [1.54, 1.807) is 0 Å². The lowest BCUT2D eigenvalue weighted by molar-refractivity contribution is 0.572. The predicted octanol–water partition coefficient (Wildman–Crippen LogP) is 4.05. The minimum atomic E-state index is -0.626. The summed E-state index contributed by atoms with van der Waals surface area (Å²) in [6, 6.07) is 7.71. The lowest BCUT2D eigenvalue weighted by atomic mass is 10.2. The lowest BCUT2D eigenvalue weighted by Crippen LogP contribution is -2.19. The molecule has 2 aromatic heterocycles. The third kappa shape index (κ3) is 4.15. The van der Waals surface area contributed by atoms with Crippen LogP contribution in [0.3, 0.4) is 0 Å². The number of benzene rings is 1. The Labute approximate surface area is 169 Å². The first-order valence-corrected chi connectivity index (χ1v) is 9.94. The average molecular weight is 397 g/mol. The molecule has 29 heavy (non-hydrogen) atoms. The number of hydrogen-bond acceptors (Lipinski definition) is 4. The summed E-state index contributed by atoms with van der Waals surface area (Å²) in [4.78, 5) is 6.89. The van der Waals surface area contributed by atoms with Crippen LogP contribution >= 0.6 is 0 Å². The molecule has 3 heterocycles. The van der Waals surface area contributed by atoms with E-state index in [1.807, 2.05) is 20.0 Å². The summed E-state index contributed by atoms with van der Waals surface area (Å²) in [5, 5.41) is 7.87. The van der Waals surface area contributed by atoms with Crippen molar-refractivity contribution in [2.24, 2.45) is 0 Å². The molecule has 1 aromatic carbocycles. The molecule has 4 rings (SSSR count). The summed E-state index contributed by atoms with van der Waals surface area (Å²) in [6.45, 7) is 7.25. The van der Waals surface area contributed by atoms with Crippen LogP contribution < -0.4 is 10.2 Å². The van der Waals surface area contributed by atoms with E-state index in [1.165, 1.54) is 29.7 Å². The van der Waals surface area contributed by atoms with Crippen LogP contribution in [0.1, 0.15) is 35.4 Å². The van der Waals surface area contributed by atoms with Crippen molar-refractivity contribution in [3.63, 3.8) is 0 Å². The summed E-state index contributed by atoms with van der Waals surface area (Å²) in [5.74, 6) is -0.182. The second-order valence-electron chi connectivity index (χ2n) is 7.48. The van der Waals surface area contributed by atoms with Crippen LogP contribution in [0.25, 0.3) is 5.69 Å². The minimum absolute atomic E-state index is 0.250.